The van der Waals surface area contributed by atoms with E-state index in [4.69, 9.17) is 10.0 Å². The van der Waals surface area contributed by atoms with Crippen molar-refractivity contribution in [2.24, 2.45) is 0 Å². The van der Waals surface area contributed by atoms with Gasteiger partial charge < -0.3 is 14.6 Å². The number of hydrogen-bond acceptors (Lipinski definition) is 4. The van der Waals surface area contributed by atoms with Gasteiger partial charge in [-0.1, -0.05) is 36.9 Å². The Morgan fingerprint density at radius 2 is 1.75 bits per heavy atom. The van der Waals surface area contributed by atoms with E-state index in [2.05, 4.69) is 11.2 Å². The topological polar surface area (TPSA) is 66.8 Å². The Hall–Kier alpha value is -1.36. The molecule has 1 rings (SSSR count). The fourth-order valence-electron chi connectivity index (χ4n) is 0.863. The number of hydrogen-bond donors (Lipinski definition) is 2. The number of rotatable bonds is 4. The normalized spacial score (nSPS) is 8.44. The number of ketones is 1. The monoisotopic (exact) mass is 218 g/mol. The van der Waals surface area contributed by atoms with Gasteiger partial charge in [0.05, 0.1) is 0 Å². The Morgan fingerprint density at radius 3 is 2.06 bits per heavy atom. The Kier molecular flexibility index (Phi) is 8.15. The number of Topliss-reactive ketones (excluding diaryl/α,β-unsaturated/α-hetero) is 1. The summed E-state index contributed by atoms with van der Waals surface area (Å²) in [5.74, 6) is 0.0191. The highest BCUT2D eigenvalue weighted by molar-refractivity contribution is 6.32. The van der Waals surface area contributed by atoms with Crippen LogP contribution < -0.4 is 0 Å². The van der Waals surface area contributed by atoms with Gasteiger partial charge in [-0.2, -0.15) is 0 Å². The lowest BCUT2D eigenvalue weighted by Gasteiger charge is -1.96. The predicted molar refractivity (Wildman–Crippen MR) is 62.6 cm³/mol. The summed E-state index contributed by atoms with van der Waals surface area (Å²) in [6.45, 7) is 5.30. The molecule has 0 bridgehead atoms. The number of carbonyl (C=O) groups excluding carboxylic acids is 1. The zero-order chi connectivity index (χ0) is 12.4. The Balaban J connectivity index is 0.000000385. The van der Waals surface area contributed by atoms with Crippen molar-refractivity contribution in [3.05, 3.63) is 48.0 Å². The van der Waals surface area contributed by atoms with Crippen LogP contribution in [0.25, 0.3) is 0 Å². The van der Waals surface area contributed by atoms with E-state index in [1.165, 1.54) is 0 Å². The van der Waals surface area contributed by atoms with Crippen LogP contribution in [0.4, 0.5) is 0 Å². The zero-order valence-corrected chi connectivity index (χ0v) is 8.96. The van der Waals surface area contributed by atoms with Gasteiger partial charge in [-0.3, -0.25) is 4.79 Å². The first-order valence-electron chi connectivity index (χ1n) is 4.46. The lowest BCUT2D eigenvalue weighted by atomic mass is 10.1. The van der Waals surface area contributed by atoms with Crippen molar-refractivity contribution in [1.29, 1.82) is 0 Å². The van der Waals surface area contributed by atoms with Gasteiger partial charge in [0.15, 0.2) is 5.78 Å². The highest BCUT2D eigenvalue weighted by atomic mass is 16.5. The van der Waals surface area contributed by atoms with E-state index in [0.29, 0.717) is 26.5 Å². The summed E-state index contributed by atoms with van der Waals surface area (Å²) in [6.07, 6.45) is 0. The molecule has 0 aliphatic rings. The quantitative estimate of drug-likeness (QED) is 0.438. The summed E-state index contributed by atoms with van der Waals surface area (Å²) in [6, 6.07) is 9.15. The average molecular weight is 218 g/mol. The Morgan fingerprint density at radius 1 is 1.25 bits per heavy atom. The van der Waals surface area contributed by atoms with Crippen LogP contribution in [0.15, 0.2) is 42.5 Å². The van der Waals surface area contributed by atoms with E-state index in [1.807, 2.05) is 18.2 Å². The van der Waals surface area contributed by atoms with Crippen molar-refractivity contribution < 1.29 is 19.4 Å². The van der Waals surface area contributed by atoms with Crippen molar-refractivity contribution in [3.63, 3.8) is 0 Å². The number of benzene rings is 1. The number of carbonyl (C=O) groups is 1. The smallest absolute Gasteiger partial charge is 0.456 e. The van der Waals surface area contributed by atoms with Gasteiger partial charge in [-0.15, -0.1) is 0 Å². The Labute approximate surface area is 96.2 Å². The minimum absolute atomic E-state index is 0.0191. The van der Waals surface area contributed by atoms with Crippen LogP contribution in [0.1, 0.15) is 17.3 Å². The second-order valence-corrected chi connectivity index (χ2v) is 2.82. The van der Waals surface area contributed by atoms with Gasteiger partial charge in [0.1, 0.15) is 0 Å². The maximum atomic E-state index is 11.2. The van der Waals surface area contributed by atoms with Crippen LogP contribution in [0, 0.1) is 0 Å². The average Bonchev–Trinajstić information content (AvgIpc) is 2.31. The summed E-state index contributed by atoms with van der Waals surface area (Å²) in [7, 11) is 0.750. The van der Waals surface area contributed by atoms with Gasteiger partial charge in [-0.25, -0.2) is 0 Å². The summed E-state index contributed by atoms with van der Waals surface area (Å²) in [4.78, 5) is 11.2. The van der Waals surface area contributed by atoms with E-state index >= 15 is 0 Å². The van der Waals surface area contributed by atoms with E-state index in [1.54, 1.807) is 19.1 Å². The van der Waals surface area contributed by atoms with Crippen LogP contribution in [-0.4, -0.2) is 31.2 Å². The number of allylic oxidation sites excluding steroid dienone is 1. The van der Waals surface area contributed by atoms with Crippen LogP contribution in [-0.2, 0) is 4.57 Å². The second kappa shape index (κ2) is 8.91. The van der Waals surface area contributed by atoms with E-state index in [9.17, 15) is 4.79 Å². The molecule has 0 saturated heterocycles. The van der Waals surface area contributed by atoms with Gasteiger partial charge >= 0.3 is 15.4 Å². The molecule has 0 atom stereocenters. The van der Waals surface area contributed by atoms with Crippen LogP contribution in [0.2, 0.25) is 0 Å². The fourth-order valence-corrected chi connectivity index (χ4v) is 0.863. The molecule has 0 spiro atoms. The lowest BCUT2D eigenvalue weighted by molar-refractivity contribution is 0.103. The summed E-state index contributed by atoms with van der Waals surface area (Å²) < 4.78 is 3.69. The molecule has 2 radical (unpaired) electrons. The molecule has 0 aliphatic carbocycles. The molecule has 16 heavy (non-hydrogen) atoms. The molecule has 0 amide bonds. The first-order valence-corrected chi connectivity index (χ1v) is 4.46. The van der Waals surface area contributed by atoms with E-state index in [0.717, 1.165) is 0 Å². The van der Waals surface area contributed by atoms with Crippen molar-refractivity contribution in [1.82, 2.24) is 0 Å². The van der Waals surface area contributed by atoms with Gasteiger partial charge in [-0.05, 0) is 12.5 Å². The van der Waals surface area contributed by atoms with Gasteiger partial charge in [0.2, 0.25) is 0 Å². The molecule has 4 nitrogen and oxygen atoms in total. The van der Waals surface area contributed by atoms with E-state index in [-0.39, 0.29) is 5.78 Å². The summed E-state index contributed by atoms with van der Waals surface area (Å²) >= 11 is 0. The first-order chi connectivity index (χ1) is 7.63. The summed E-state index contributed by atoms with van der Waals surface area (Å²) in [5, 5.41) is 15.1. The molecule has 82 valence electrons. The fraction of sp³-hybridized carbons (Fsp3) is 0.100. The molecule has 6 heteroatoms. The molecule has 1 aromatic rings. The Bertz CT molecular complexity index is 325. The van der Waals surface area contributed by atoms with Gasteiger partial charge in [0.25, 0.3) is 0 Å². The standard InChI is InChI=1S/C10H10O.B2H2O3/c1-8(2)10(11)9-6-4-3-5-7-9;3-1-5-2-4/h3-7H,1H2,2H3;3-4H. The molecule has 0 aliphatic heterocycles. The highest BCUT2D eigenvalue weighted by Crippen LogP contribution is 2.04. The lowest BCUT2D eigenvalue weighted by Crippen LogP contribution is -2.00. The molecular weight excluding hydrogens is 206 g/mol. The SMILES string of the molecule is C=C(C)C(=O)c1ccccc1.O[B]O[B]O. The summed E-state index contributed by atoms with van der Waals surface area (Å²) in [5.41, 5.74) is 1.29. The molecule has 0 unspecified atom stereocenters. The van der Waals surface area contributed by atoms with Crippen LogP contribution in [0.3, 0.4) is 0 Å². The van der Waals surface area contributed by atoms with Gasteiger partial charge in [0, 0.05) is 5.56 Å². The maximum Gasteiger partial charge on any atom is 0.469 e. The van der Waals surface area contributed by atoms with Crippen LogP contribution in [0.5, 0.6) is 0 Å². The largest absolute Gasteiger partial charge is 0.469 e. The van der Waals surface area contributed by atoms with Crippen LogP contribution >= 0.6 is 0 Å². The molecule has 0 fully saturated rings. The third kappa shape index (κ3) is 6.18. The zero-order valence-electron chi connectivity index (χ0n) is 8.96. The van der Waals surface area contributed by atoms with Crippen molar-refractivity contribution in [2.75, 3.05) is 0 Å². The minimum atomic E-state index is 0.0191. The molecule has 0 saturated carbocycles. The van der Waals surface area contributed by atoms with Crippen molar-refractivity contribution in [2.45, 2.75) is 6.92 Å². The molecule has 0 heterocycles. The highest BCUT2D eigenvalue weighted by Gasteiger charge is 2.03. The third-order valence-electron chi connectivity index (χ3n) is 1.55. The molecular formula is C10H12B2O4. The first kappa shape index (κ1) is 14.6. The minimum Gasteiger partial charge on any atom is -0.456 e. The predicted octanol–water partition coefficient (Wildman–Crippen LogP) is 0.501. The second-order valence-electron chi connectivity index (χ2n) is 2.82. The third-order valence-corrected chi connectivity index (χ3v) is 1.55. The van der Waals surface area contributed by atoms with E-state index < -0.39 is 0 Å². The van der Waals surface area contributed by atoms with Crippen molar-refractivity contribution >= 4 is 21.2 Å². The molecule has 2 N–H and O–H groups in total. The maximum absolute atomic E-state index is 11.2. The van der Waals surface area contributed by atoms with Crippen molar-refractivity contribution in [3.8, 4) is 0 Å². The molecule has 0 aromatic heterocycles. The molecule has 1 aromatic carbocycles.